The Labute approximate surface area is 196 Å². The first-order valence-electron chi connectivity index (χ1n) is 11.6. The van der Waals surface area contributed by atoms with E-state index in [1.54, 1.807) is 12.1 Å². The van der Waals surface area contributed by atoms with Crippen molar-refractivity contribution in [1.82, 2.24) is 14.2 Å². The smallest absolute Gasteiger partial charge is 0.244 e. The minimum absolute atomic E-state index is 0.106. The Morgan fingerprint density at radius 3 is 2.30 bits per heavy atom. The highest BCUT2D eigenvalue weighted by molar-refractivity contribution is 7.89. The van der Waals surface area contributed by atoms with Crippen LogP contribution in [0.15, 0.2) is 53.6 Å². The first kappa shape index (κ1) is 23.7. The van der Waals surface area contributed by atoms with Gasteiger partial charge in [0, 0.05) is 45.5 Å². The Bertz CT molecular complexity index is 1020. The van der Waals surface area contributed by atoms with Crippen LogP contribution in [0.2, 0.25) is 0 Å². The molecule has 2 aliphatic heterocycles. The number of sulfonamides is 1. The highest BCUT2D eigenvalue weighted by Gasteiger charge is 2.29. The van der Waals surface area contributed by atoms with Gasteiger partial charge < -0.3 is 14.5 Å². The molecule has 0 N–H and O–H groups in total. The fraction of sp³-hybridized carbons (Fsp3) is 0.500. The maximum absolute atomic E-state index is 13.2. The number of ether oxygens (including phenoxy) is 1. The van der Waals surface area contributed by atoms with Crippen LogP contribution in [0.25, 0.3) is 0 Å². The summed E-state index contributed by atoms with van der Waals surface area (Å²) in [5.41, 5.74) is 1.07. The van der Waals surface area contributed by atoms with E-state index in [2.05, 4.69) is 16.8 Å². The third-order valence-electron chi connectivity index (χ3n) is 6.32. The highest BCUT2D eigenvalue weighted by Crippen LogP contribution is 2.25. The summed E-state index contributed by atoms with van der Waals surface area (Å²) in [6.45, 7) is 6.25. The van der Waals surface area contributed by atoms with Crippen LogP contribution in [-0.4, -0.2) is 81.0 Å². The summed E-state index contributed by atoms with van der Waals surface area (Å²) in [5.74, 6) is 0.810. The van der Waals surface area contributed by atoms with E-state index in [0.717, 1.165) is 24.2 Å². The maximum Gasteiger partial charge on any atom is 0.244 e. The molecule has 2 aliphatic rings. The summed E-state index contributed by atoms with van der Waals surface area (Å²) in [5, 5.41) is 0. The van der Waals surface area contributed by atoms with Crippen molar-refractivity contribution in [2.45, 2.75) is 30.6 Å². The first-order chi connectivity index (χ1) is 16.0. The molecule has 0 radical (unpaired) electrons. The van der Waals surface area contributed by atoms with E-state index in [-0.39, 0.29) is 16.7 Å². The number of piperazine rings is 1. The maximum atomic E-state index is 13.2. The van der Waals surface area contributed by atoms with E-state index >= 15 is 0 Å². The number of anilines is 1. The van der Waals surface area contributed by atoms with E-state index in [0.29, 0.717) is 52.5 Å². The zero-order chi connectivity index (χ0) is 23.3. The number of aromatic nitrogens is 1. The number of carbonyl (C=O) groups excluding carboxylic acids is 1. The predicted octanol–water partition coefficient (Wildman–Crippen LogP) is 2.34. The number of nitrogens with zero attached hydrogens (tertiary/aromatic N) is 4. The molecule has 4 rings (SSSR count). The summed E-state index contributed by atoms with van der Waals surface area (Å²) in [6, 6.07) is 13.4. The van der Waals surface area contributed by atoms with Gasteiger partial charge in [0.2, 0.25) is 15.9 Å². The van der Waals surface area contributed by atoms with Crippen LogP contribution in [0, 0.1) is 0 Å². The number of rotatable bonds is 7. The lowest BCUT2D eigenvalue weighted by molar-refractivity contribution is -0.133. The largest absolute Gasteiger partial charge is 0.379 e. The molecule has 0 unspecified atom stereocenters. The molecule has 0 spiro atoms. The van der Waals surface area contributed by atoms with Gasteiger partial charge in [0.1, 0.15) is 10.7 Å². The number of amides is 1. The van der Waals surface area contributed by atoms with Gasteiger partial charge in [-0.25, -0.2) is 13.4 Å². The van der Waals surface area contributed by atoms with Crippen molar-refractivity contribution in [1.29, 1.82) is 0 Å². The number of carbonyl (C=O) groups is 1. The predicted molar refractivity (Wildman–Crippen MR) is 127 cm³/mol. The van der Waals surface area contributed by atoms with Crippen LogP contribution < -0.4 is 4.90 Å². The van der Waals surface area contributed by atoms with Crippen LogP contribution in [-0.2, 0) is 19.6 Å². The zero-order valence-corrected chi connectivity index (χ0v) is 19.9. The molecular weight excluding hydrogens is 440 g/mol. The van der Waals surface area contributed by atoms with Crippen LogP contribution >= 0.6 is 0 Å². The van der Waals surface area contributed by atoms with Crippen molar-refractivity contribution < 1.29 is 17.9 Å². The second kappa shape index (κ2) is 10.6. The van der Waals surface area contributed by atoms with Crippen molar-refractivity contribution >= 4 is 21.7 Å². The van der Waals surface area contributed by atoms with Crippen molar-refractivity contribution in [3.05, 3.63) is 54.2 Å². The van der Waals surface area contributed by atoms with Crippen molar-refractivity contribution in [2.75, 3.05) is 57.4 Å². The lowest BCUT2D eigenvalue weighted by Gasteiger charge is -2.37. The Hall–Kier alpha value is -2.49. The van der Waals surface area contributed by atoms with Gasteiger partial charge in [-0.05, 0) is 24.1 Å². The number of pyridine rings is 1. The Kier molecular flexibility index (Phi) is 7.62. The molecule has 2 saturated heterocycles. The minimum atomic E-state index is -3.55. The molecule has 0 saturated carbocycles. The molecule has 8 nitrogen and oxygen atoms in total. The lowest BCUT2D eigenvalue weighted by atomic mass is 9.93. The Morgan fingerprint density at radius 2 is 1.70 bits per heavy atom. The molecule has 1 aromatic heterocycles. The average Bonchev–Trinajstić information content (AvgIpc) is 2.88. The number of morpholine rings is 1. The fourth-order valence-electron chi connectivity index (χ4n) is 4.43. The normalized spacial score (nSPS) is 18.8. The van der Waals surface area contributed by atoms with E-state index in [9.17, 15) is 13.2 Å². The van der Waals surface area contributed by atoms with Gasteiger partial charge in [-0.15, -0.1) is 0 Å². The van der Waals surface area contributed by atoms with Crippen LogP contribution in [0.4, 0.5) is 5.82 Å². The Balaban J connectivity index is 1.38. The number of benzene rings is 1. The quantitative estimate of drug-likeness (QED) is 0.615. The SMILES string of the molecule is CCC[C@H](C(=O)N1CCN(c2ccc(S(=O)(=O)N3CCOCC3)cn2)CC1)c1ccccc1. The van der Waals surface area contributed by atoms with Crippen LogP contribution in [0.3, 0.4) is 0 Å². The molecule has 0 bridgehead atoms. The second-order valence-corrected chi connectivity index (χ2v) is 10.4. The summed E-state index contributed by atoms with van der Waals surface area (Å²) in [4.78, 5) is 21.9. The molecule has 2 fully saturated rings. The average molecular weight is 473 g/mol. The number of hydrogen-bond donors (Lipinski definition) is 0. The van der Waals surface area contributed by atoms with Gasteiger partial charge in [-0.3, -0.25) is 4.79 Å². The molecule has 1 aromatic carbocycles. The lowest BCUT2D eigenvalue weighted by Crippen LogP contribution is -2.50. The van der Waals surface area contributed by atoms with Gasteiger partial charge in [-0.2, -0.15) is 4.31 Å². The highest BCUT2D eigenvalue weighted by atomic mass is 32.2. The topological polar surface area (TPSA) is 83.1 Å². The third-order valence-corrected chi connectivity index (χ3v) is 8.20. The first-order valence-corrected chi connectivity index (χ1v) is 13.1. The van der Waals surface area contributed by atoms with Crippen molar-refractivity contribution in [3.8, 4) is 0 Å². The molecule has 1 atom stereocenters. The summed E-state index contributed by atoms with van der Waals surface area (Å²) >= 11 is 0. The molecule has 3 heterocycles. The standard InChI is InChI=1S/C24H32N4O4S/c1-2-6-22(20-7-4-3-5-8-20)24(29)27-13-11-26(12-14-27)23-10-9-21(19-25-23)33(30,31)28-15-17-32-18-16-28/h3-5,7-10,19,22H,2,6,11-18H2,1H3/t22-/m0/s1. The van der Waals surface area contributed by atoms with Gasteiger partial charge in [0.15, 0.2) is 0 Å². The molecular formula is C24H32N4O4S. The van der Waals surface area contributed by atoms with E-state index in [4.69, 9.17) is 4.74 Å². The van der Waals surface area contributed by atoms with E-state index in [1.165, 1.54) is 10.5 Å². The molecule has 33 heavy (non-hydrogen) atoms. The fourth-order valence-corrected chi connectivity index (χ4v) is 5.79. The summed E-state index contributed by atoms with van der Waals surface area (Å²) < 4.78 is 32.3. The summed E-state index contributed by atoms with van der Waals surface area (Å²) in [7, 11) is -3.55. The van der Waals surface area contributed by atoms with Crippen molar-refractivity contribution in [3.63, 3.8) is 0 Å². The van der Waals surface area contributed by atoms with Gasteiger partial charge in [0.25, 0.3) is 0 Å². The minimum Gasteiger partial charge on any atom is -0.379 e. The zero-order valence-electron chi connectivity index (χ0n) is 19.1. The molecule has 0 aliphatic carbocycles. The van der Waals surface area contributed by atoms with Gasteiger partial charge >= 0.3 is 0 Å². The van der Waals surface area contributed by atoms with Crippen LogP contribution in [0.5, 0.6) is 0 Å². The third kappa shape index (κ3) is 5.37. The monoisotopic (exact) mass is 472 g/mol. The molecule has 1 amide bonds. The van der Waals surface area contributed by atoms with Crippen molar-refractivity contribution in [2.24, 2.45) is 0 Å². The molecule has 178 valence electrons. The Morgan fingerprint density at radius 1 is 1.00 bits per heavy atom. The van der Waals surface area contributed by atoms with Crippen LogP contribution in [0.1, 0.15) is 31.2 Å². The van der Waals surface area contributed by atoms with E-state index in [1.807, 2.05) is 35.2 Å². The second-order valence-electron chi connectivity index (χ2n) is 8.43. The van der Waals surface area contributed by atoms with Gasteiger partial charge in [-0.1, -0.05) is 43.7 Å². The number of hydrogen-bond acceptors (Lipinski definition) is 6. The molecule has 2 aromatic rings. The van der Waals surface area contributed by atoms with Gasteiger partial charge in [0.05, 0.1) is 19.1 Å². The van der Waals surface area contributed by atoms with E-state index < -0.39 is 10.0 Å². The summed E-state index contributed by atoms with van der Waals surface area (Å²) in [6.07, 6.45) is 3.23. The molecule has 9 heteroatoms.